The van der Waals surface area contributed by atoms with Crippen LogP contribution < -0.4 is 0 Å². The summed E-state index contributed by atoms with van der Waals surface area (Å²) in [5.41, 5.74) is 0. The average Bonchev–Trinajstić information content (AvgIpc) is 2.76. The molecule has 0 saturated carbocycles. The monoisotopic (exact) mass is 276 g/mol. The topological polar surface area (TPSA) is 78.4 Å². The van der Waals surface area contributed by atoms with Gasteiger partial charge in [-0.3, -0.25) is 4.79 Å². The molecular formula is C9H12N2O4S2. The Balaban J connectivity index is 2.45. The van der Waals surface area contributed by atoms with E-state index in [1.165, 1.54) is 11.8 Å². The van der Waals surface area contributed by atoms with Gasteiger partial charge in [-0.05, 0) is 13.8 Å². The van der Waals surface area contributed by atoms with Gasteiger partial charge in [0.25, 0.3) is 0 Å². The number of hydrogen-bond donors (Lipinski definition) is 0. The first kappa shape index (κ1) is 13.9. The Labute approximate surface area is 107 Å². The highest BCUT2D eigenvalue weighted by Gasteiger charge is 2.14. The lowest BCUT2D eigenvalue weighted by molar-refractivity contribution is -0.139. The molecule has 0 spiro atoms. The lowest BCUT2D eigenvalue weighted by Gasteiger charge is -1.98. The summed E-state index contributed by atoms with van der Waals surface area (Å²) in [7, 11) is 0. The van der Waals surface area contributed by atoms with E-state index in [4.69, 9.17) is 9.47 Å². The fourth-order valence-corrected chi connectivity index (χ4v) is 2.41. The van der Waals surface area contributed by atoms with E-state index >= 15 is 0 Å². The quantitative estimate of drug-likeness (QED) is 0.573. The van der Waals surface area contributed by atoms with Crippen molar-refractivity contribution in [2.24, 2.45) is 0 Å². The molecule has 0 amide bonds. The molecule has 8 heteroatoms. The predicted molar refractivity (Wildman–Crippen MR) is 63.2 cm³/mol. The van der Waals surface area contributed by atoms with Crippen LogP contribution in [0.1, 0.15) is 23.6 Å². The zero-order chi connectivity index (χ0) is 12.7. The molecule has 0 aliphatic heterocycles. The number of hydrogen-bond acceptors (Lipinski definition) is 8. The molecule has 0 atom stereocenters. The highest BCUT2D eigenvalue weighted by molar-refractivity contribution is 8.01. The molecule has 0 unspecified atom stereocenters. The standard InChI is InChI=1S/C9H12N2O4S2/c1-3-14-6(12)5-16-9-11-10-7(17-9)8(13)15-4-2/h3-5H2,1-2H3. The first-order chi connectivity index (χ1) is 8.17. The number of ether oxygens (including phenoxy) is 2. The van der Waals surface area contributed by atoms with E-state index < -0.39 is 5.97 Å². The lowest BCUT2D eigenvalue weighted by atomic mass is 10.7. The van der Waals surface area contributed by atoms with Crippen LogP contribution in [-0.2, 0) is 14.3 Å². The molecule has 0 bridgehead atoms. The third-order valence-electron chi connectivity index (χ3n) is 1.48. The molecule has 1 rings (SSSR count). The summed E-state index contributed by atoms with van der Waals surface area (Å²) < 4.78 is 10.1. The van der Waals surface area contributed by atoms with Crippen molar-refractivity contribution in [2.75, 3.05) is 19.0 Å². The Hall–Kier alpha value is -1.15. The largest absolute Gasteiger partial charge is 0.465 e. The molecular weight excluding hydrogens is 264 g/mol. The van der Waals surface area contributed by atoms with Gasteiger partial charge in [0.15, 0.2) is 4.34 Å². The van der Waals surface area contributed by atoms with Crippen molar-refractivity contribution >= 4 is 35.0 Å². The number of carbonyl (C=O) groups excluding carboxylic acids is 2. The average molecular weight is 276 g/mol. The van der Waals surface area contributed by atoms with Crippen molar-refractivity contribution in [3.8, 4) is 0 Å². The number of carbonyl (C=O) groups is 2. The Morgan fingerprint density at radius 1 is 1.24 bits per heavy atom. The zero-order valence-electron chi connectivity index (χ0n) is 9.47. The van der Waals surface area contributed by atoms with Gasteiger partial charge in [-0.1, -0.05) is 23.1 Å². The van der Waals surface area contributed by atoms with Gasteiger partial charge in [-0.2, -0.15) is 0 Å². The molecule has 0 N–H and O–H groups in total. The fourth-order valence-electron chi connectivity index (χ4n) is 0.867. The molecule has 0 saturated heterocycles. The smallest absolute Gasteiger partial charge is 0.369 e. The van der Waals surface area contributed by atoms with Gasteiger partial charge in [-0.15, -0.1) is 10.2 Å². The minimum absolute atomic E-state index is 0.158. The second kappa shape index (κ2) is 7.23. The second-order valence-electron chi connectivity index (χ2n) is 2.69. The number of thioether (sulfide) groups is 1. The lowest BCUT2D eigenvalue weighted by Crippen LogP contribution is -2.06. The predicted octanol–water partition coefficient (Wildman–Crippen LogP) is 1.37. The number of aromatic nitrogens is 2. The van der Waals surface area contributed by atoms with Crippen LogP contribution in [0.15, 0.2) is 4.34 Å². The molecule has 1 aromatic rings. The SMILES string of the molecule is CCOC(=O)CSc1nnc(C(=O)OCC)s1. The van der Waals surface area contributed by atoms with Crippen LogP contribution in [0.3, 0.4) is 0 Å². The van der Waals surface area contributed by atoms with Crippen molar-refractivity contribution in [3.63, 3.8) is 0 Å². The summed E-state index contributed by atoms with van der Waals surface area (Å²) in [6.07, 6.45) is 0. The van der Waals surface area contributed by atoms with Crippen LogP contribution in [0.4, 0.5) is 0 Å². The van der Waals surface area contributed by atoms with E-state index in [-0.39, 0.29) is 16.7 Å². The second-order valence-corrected chi connectivity index (χ2v) is 4.89. The summed E-state index contributed by atoms with van der Waals surface area (Å²) in [5, 5.41) is 7.65. The third-order valence-corrected chi connectivity index (χ3v) is 3.49. The van der Waals surface area contributed by atoms with Crippen molar-refractivity contribution in [1.82, 2.24) is 10.2 Å². The summed E-state index contributed by atoms with van der Waals surface area (Å²) >= 11 is 2.29. The molecule has 94 valence electrons. The van der Waals surface area contributed by atoms with Gasteiger partial charge >= 0.3 is 11.9 Å². The number of rotatable bonds is 6. The van der Waals surface area contributed by atoms with Crippen molar-refractivity contribution in [2.45, 2.75) is 18.2 Å². The minimum Gasteiger partial charge on any atom is -0.465 e. The van der Waals surface area contributed by atoms with Crippen LogP contribution in [-0.4, -0.2) is 41.1 Å². The van der Waals surface area contributed by atoms with E-state index in [0.29, 0.717) is 17.6 Å². The van der Waals surface area contributed by atoms with E-state index in [0.717, 1.165) is 11.3 Å². The van der Waals surface area contributed by atoms with E-state index in [2.05, 4.69) is 10.2 Å². The summed E-state index contributed by atoms with van der Waals surface area (Å²) in [6.45, 7) is 4.11. The number of nitrogens with zero attached hydrogens (tertiary/aromatic N) is 2. The van der Waals surface area contributed by atoms with Crippen LogP contribution >= 0.6 is 23.1 Å². The normalized spacial score (nSPS) is 10.0. The molecule has 1 aromatic heterocycles. The maximum absolute atomic E-state index is 11.3. The van der Waals surface area contributed by atoms with Gasteiger partial charge in [0.2, 0.25) is 5.01 Å². The molecule has 0 radical (unpaired) electrons. The maximum Gasteiger partial charge on any atom is 0.369 e. The van der Waals surface area contributed by atoms with Gasteiger partial charge in [0.05, 0.1) is 19.0 Å². The summed E-state index contributed by atoms with van der Waals surface area (Å²) in [5.74, 6) is -0.649. The minimum atomic E-state index is -0.493. The fraction of sp³-hybridized carbons (Fsp3) is 0.556. The van der Waals surface area contributed by atoms with E-state index in [9.17, 15) is 9.59 Å². The summed E-state index contributed by atoms with van der Waals surface area (Å²) in [6, 6.07) is 0. The van der Waals surface area contributed by atoms with Gasteiger partial charge in [-0.25, -0.2) is 4.79 Å². The Bertz CT molecular complexity index is 394. The van der Waals surface area contributed by atoms with Crippen LogP contribution in [0.5, 0.6) is 0 Å². The Morgan fingerprint density at radius 3 is 2.59 bits per heavy atom. The Kier molecular flexibility index (Phi) is 5.92. The molecule has 0 aliphatic carbocycles. The van der Waals surface area contributed by atoms with Crippen molar-refractivity contribution in [3.05, 3.63) is 5.01 Å². The zero-order valence-corrected chi connectivity index (χ0v) is 11.1. The molecule has 0 aliphatic rings. The Morgan fingerprint density at radius 2 is 1.94 bits per heavy atom. The molecule has 6 nitrogen and oxygen atoms in total. The third kappa shape index (κ3) is 4.70. The van der Waals surface area contributed by atoms with Crippen molar-refractivity contribution in [1.29, 1.82) is 0 Å². The molecule has 0 aromatic carbocycles. The van der Waals surface area contributed by atoms with Crippen molar-refractivity contribution < 1.29 is 19.1 Å². The van der Waals surface area contributed by atoms with Gasteiger partial charge in [0, 0.05) is 0 Å². The molecule has 0 fully saturated rings. The maximum atomic E-state index is 11.3. The van der Waals surface area contributed by atoms with E-state index in [1.807, 2.05) is 0 Å². The van der Waals surface area contributed by atoms with E-state index in [1.54, 1.807) is 13.8 Å². The molecule has 1 heterocycles. The van der Waals surface area contributed by atoms with Crippen LogP contribution in [0, 0.1) is 0 Å². The van der Waals surface area contributed by atoms with Crippen LogP contribution in [0.25, 0.3) is 0 Å². The highest BCUT2D eigenvalue weighted by Crippen LogP contribution is 2.22. The number of esters is 2. The van der Waals surface area contributed by atoms with Gasteiger partial charge in [0.1, 0.15) is 0 Å². The van der Waals surface area contributed by atoms with Gasteiger partial charge < -0.3 is 9.47 Å². The first-order valence-electron chi connectivity index (χ1n) is 4.96. The first-order valence-corrected chi connectivity index (χ1v) is 6.76. The van der Waals surface area contributed by atoms with Crippen LogP contribution in [0.2, 0.25) is 0 Å². The molecule has 17 heavy (non-hydrogen) atoms. The summed E-state index contributed by atoms with van der Waals surface area (Å²) in [4.78, 5) is 22.4. The highest BCUT2D eigenvalue weighted by atomic mass is 32.2.